The van der Waals surface area contributed by atoms with Crippen molar-refractivity contribution >= 4 is 5.96 Å². The lowest BCUT2D eigenvalue weighted by molar-refractivity contribution is 0.113. The lowest BCUT2D eigenvalue weighted by Gasteiger charge is -2.22. The zero-order valence-electron chi connectivity index (χ0n) is 12.9. The van der Waals surface area contributed by atoms with Crippen LogP contribution in [0.15, 0.2) is 4.99 Å². The van der Waals surface area contributed by atoms with E-state index in [9.17, 15) is 0 Å². The van der Waals surface area contributed by atoms with Gasteiger partial charge in [-0.1, -0.05) is 0 Å². The average Bonchev–Trinajstić information content (AvgIpc) is 3.13. The van der Waals surface area contributed by atoms with Crippen LogP contribution in [-0.2, 0) is 9.47 Å². The molecule has 0 spiro atoms. The van der Waals surface area contributed by atoms with E-state index in [2.05, 4.69) is 29.2 Å². The van der Waals surface area contributed by atoms with Gasteiger partial charge in [-0.05, 0) is 38.5 Å². The van der Waals surface area contributed by atoms with Gasteiger partial charge in [-0.15, -0.1) is 0 Å². The van der Waals surface area contributed by atoms with E-state index in [1.165, 1.54) is 19.3 Å². The fraction of sp³-hybridized carbons (Fsp3) is 0.933. The van der Waals surface area contributed by atoms with Crippen LogP contribution in [0.1, 0.15) is 32.6 Å². The second-order valence-electron chi connectivity index (χ2n) is 5.77. The van der Waals surface area contributed by atoms with Gasteiger partial charge in [-0.25, -0.2) is 0 Å². The van der Waals surface area contributed by atoms with E-state index in [4.69, 9.17) is 9.47 Å². The van der Waals surface area contributed by atoms with Gasteiger partial charge >= 0.3 is 0 Å². The first-order valence-corrected chi connectivity index (χ1v) is 7.98. The lowest BCUT2D eigenvalue weighted by atomic mass is 10.2. The normalized spacial score (nSPS) is 23.1. The van der Waals surface area contributed by atoms with E-state index in [1.807, 2.05) is 0 Å². The molecule has 0 radical (unpaired) electrons. The first-order chi connectivity index (χ1) is 9.79. The third-order valence-corrected chi connectivity index (χ3v) is 3.79. The van der Waals surface area contributed by atoms with Crippen LogP contribution in [0, 0.1) is 5.92 Å². The van der Waals surface area contributed by atoms with Gasteiger partial charge in [0.2, 0.25) is 0 Å². The van der Waals surface area contributed by atoms with Crippen molar-refractivity contribution < 1.29 is 9.47 Å². The van der Waals surface area contributed by atoms with Crippen molar-refractivity contribution in [1.29, 1.82) is 0 Å². The Morgan fingerprint density at radius 2 is 2.25 bits per heavy atom. The predicted octanol–water partition coefficient (Wildman–Crippen LogP) is 1.49. The number of hydrogen-bond acceptors (Lipinski definition) is 3. The molecular formula is C15H29N3O2. The first-order valence-electron chi connectivity index (χ1n) is 7.98. The zero-order valence-corrected chi connectivity index (χ0v) is 12.9. The quantitative estimate of drug-likeness (QED) is 0.416. The van der Waals surface area contributed by atoms with Crippen LogP contribution in [0.4, 0.5) is 0 Å². The Labute approximate surface area is 122 Å². The SMILES string of the molecule is CCNC(=NCC1CCCO1)N(C)CCOCC1CC1. The van der Waals surface area contributed by atoms with E-state index in [-0.39, 0.29) is 0 Å². The number of aliphatic imine (C=N–C) groups is 1. The van der Waals surface area contributed by atoms with Crippen LogP contribution in [0.2, 0.25) is 0 Å². The number of nitrogens with one attached hydrogen (secondary N) is 1. The molecule has 0 aromatic rings. The highest BCUT2D eigenvalue weighted by Crippen LogP contribution is 2.28. The van der Waals surface area contributed by atoms with Gasteiger partial charge in [0, 0.05) is 33.4 Å². The Morgan fingerprint density at radius 1 is 1.40 bits per heavy atom. The van der Waals surface area contributed by atoms with E-state index < -0.39 is 0 Å². The minimum absolute atomic E-state index is 0.308. The van der Waals surface area contributed by atoms with E-state index >= 15 is 0 Å². The average molecular weight is 283 g/mol. The molecule has 1 N–H and O–H groups in total. The minimum Gasteiger partial charge on any atom is -0.379 e. The van der Waals surface area contributed by atoms with Crippen molar-refractivity contribution in [3.63, 3.8) is 0 Å². The molecule has 2 aliphatic rings. The molecule has 0 aromatic heterocycles. The maximum atomic E-state index is 5.69. The zero-order chi connectivity index (χ0) is 14.2. The second-order valence-corrected chi connectivity index (χ2v) is 5.77. The molecule has 0 bridgehead atoms. The topological polar surface area (TPSA) is 46.1 Å². The van der Waals surface area contributed by atoms with Crippen molar-refractivity contribution in [3.05, 3.63) is 0 Å². The van der Waals surface area contributed by atoms with Gasteiger partial charge in [-0.2, -0.15) is 0 Å². The summed E-state index contributed by atoms with van der Waals surface area (Å²) in [6, 6.07) is 0. The van der Waals surface area contributed by atoms with Gasteiger partial charge < -0.3 is 19.7 Å². The van der Waals surface area contributed by atoms with Gasteiger partial charge in [0.05, 0.1) is 19.3 Å². The van der Waals surface area contributed by atoms with Crippen molar-refractivity contribution in [1.82, 2.24) is 10.2 Å². The molecule has 5 heteroatoms. The summed E-state index contributed by atoms with van der Waals surface area (Å²) in [6.07, 6.45) is 5.31. The number of hydrogen-bond donors (Lipinski definition) is 1. The predicted molar refractivity (Wildman–Crippen MR) is 81.1 cm³/mol. The van der Waals surface area contributed by atoms with Crippen molar-refractivity contribution in [2.75, 3.05) is 46.5 Å². The van der Waals surface area contributed by atoms with Crippen molar-refractivity contribution in [2.24, 2.45) is 10.9 Å². The van der Waals surface area contributed by atoms with Crippen LogP contribution in [0.3, 0.4) is 0 Å². The molecule has 1 unspecified atom stereocenters. The highest BCUT2D eigenvalue weighted by atomic mass is 16.5. The van der Waals surface area contributed by atoms with Gasteiger partial charge in [0.25, 0.3) is 0 Å². The van der Waals surface area contributed by atoms with E-state index in [0.29, 0.717) is 6.10 Å². The molecule has 2 rings (SSSR count). The number of ether oxygens (including phenoxy) is 2. The third-order valence-electron chi connectivity index (χ3n) is 3.79. The van der Waals surface area contributed by atoms with Crippen LogP contribution >= 0.6 is 0 Å². The third kappa shape index (κ3) is 5.67. The molecule has 116 valence electrons. The van der Waals surface area contributed by atoms with E-state index in [0.717, 1.165) is 57.8 Å². The highest BCUT2D eigenvalue weighted by molar-refractivity contribution is 5.79. The van der Waals surface area contributed by atoms with Crippen LogP contribution in [-0.4, -0.2) is 63.5 Å². The Morgan fingerprint density at radius 3 is 2.90 bits per heavy atom. The Hall–Kier alpha value is -0.810. The molecular weight excluding hydrogens is 254 g/mol. The standard InChI is InChI=1S/C15H29N3O2/c1-3-16-15(17-11-14-5-4-9-20-14)18(2)8-10-19-12-13-6-7-13/h13-14H,3-12H2,1-2H3,(H,16,17). The van der Waals surface area contributed by atoms with Gasteiger partial charge in [-0.3, -0.25) is 4.99 Å². The summed E-state index contributed by atoms with van der Waals surface area (Å²) in [5, 5.41) is 3.33. The number of nitrogens with zero attached hydrogens (tertiary/aromatic N) is 2. The molecule has 1 atom stereocenters. The largest absolute Gasteiger partial charge is 0.379 e. The molecule has 0 amide bonds. The smallest absolute Gasteiger partial charge is 0.193 e. The Bertz CT molecular complexity index is 299. The number of guanidine groups is 1. The summed E-state index contributed by atoms with van der Waals surface area (Å²) in [5.41, 5.74) is 0. The van der Waals surface area contributed by atoms with Gasteiger partial charge in [0.15, 0.2) is 5.96 Å². The summed E-state index contributed by atoms with van der Waals surface area (Å²) >= 11 is 0. The molecule has 0 aromatic carbocycles. The second kappa shape index (κ2) is 8.47. The summed E-state index contributed by atoms with van der Waals surface area (Å²) in [5.74, 6) is 1.79. The van der Waals surface area contributed by atoms with Crippen molar-refractivity contribution in [2.45, 2.75) is 38.7 Å². The maximum absolute atomic E-state index is 5.69. The van der Waals surface area contributed by atoms with Crippen molar-refractivity contribution in [3.8, 4) is 0 Å². The fourth-order valence-corrected chi connectivity index (χ4v) is 2.29. The fourth-order valence-electron chi connectivity index (χ4n) is 2.29. The molecule has 1 saturated carbocycles. The highest BCUT2D eigenvalue weighted by Gasteiger charge is 2.21. The van der Waals surface area contributed by atoms with Gasteiger partial charge in [0.1, 0.15) is 0 Å². The Balaban J connectivity index is 1.68. The number of likely N-dealkylation sites (N-methyl/N-ethyl adjacent to an activating group) is 1. The first kappa shape index (κ1) is 15.6. The molecule has 1 saturated heterocycles. The summed E-state index contributed by atoms with van der Waals surface area (Å²) in [4.78, 5) is 6.82. The number of rotatable bonds is 8. The molecule has 1 heterocycles. The van der Waals surface area contributed by atoms with Crippen LogP contribution < -0.4 is 5.32 Å². The summed E-state index contributed by atoms with van der Waals surface area (Å²) in [6.45, 7) is 7.21. The molecule has 1 aliphatic heterocycles. The monoisotopic (exact) mass is 283 g/mol. The summed E-state index contributed by atoms with van der Waals surface area (Å²) in [7, 11) is 2.07. The summed E-state index contributed by atoms with van der Waals surface area (Å²) < 4.78 is 11.3. The molecule has 1 aliphatic carbocycles. The Kier molecular flexibility index (Phi) is 6.60. The maximum Gasteiger partial charge on any atom is 0.193 e. The molecule has 2 fully saturated rings. The van der Waals surface area contributed by atoms with Crippen LogP contribution in [0.5, 0.6) is 0 Å². The molecule has 20 heavy (non-hydrogen) atoms. The van der Waals surface area contributed by atoms with E-state index in [1.54, 1.807) is 0 Å². The minimum atomic E-state index is 0.308. The van der Waals surface area contributed by atoms with Crippen LogP contribution in [0.25, 0.3) is 0 Å². The lowest BCUT2D eigenvalue weighted by Crippen LogP contribution is -2.41. The molecule has 5 nitrogen and oxygen atoms in total.